The largest absolute Gasteiger partial charge is 0.363 e. The normalized spacial score (nSPS) is 13.6. The molecule has 118 valence electrons. The van der Waals surface area contributed by atoms with Crippen LogP contribution in [0.2, 0.25) is 5.02 Å². The highest BCUT2D eigenvalue weighted by Crippen LogP contribution is 2.42. The lowest BCUT2D eigenvalue weighted by Crippen LogP contribution is -2.20. The molecular formula is C14H12ClFN6O. The highest BCUT2D eigenvalue weighted by atomic mass is 35.5. The van der Waals surface area contributed by atoms with Gasteiger partial charge < -0.3 is 9.42 Å². The fraction of sp³-hybridized carbons (Fsp3) is 0.286. The lowest BCUT2D eigenvalue weighted by Gasteiger charge is -2.20. The lowest BCUT2D eigenvalue weighted by atomic mass is 10.1. The molecule has 0 amide bonds. The van der Waals surface area contributed by atoms with Gasteiger partial charge in [-0.2, -0.15) is 5.21 Å². The van der Waals surface area contributed by atoms with Crippen LogP contribution in [0.25, 0.3) is 11.4 Å². The van der Waals surface area contributed by atoms with E-state index >= 15 is 0 Å². The second-order valence-corrected chi connectivity index (χ2v) is 5.80. The van der Waals surface area contributed by atoms with Crippen LogP contribution >= 0.6 is 11.6 Å². The number of tetrazole rings is 1. The second kappa shape index (κ2) is 5.31. The topological polar surface area (TPSA) is 83.7 Å². The van der Waals surface area contributed by atoms with E-state index in [1.807, 2.05) is 17.9 Å². The van der Waals surface area contributed by atoms with Gasteiger partial charge in [0.15, 0.2) is 11.6 Å². The molecule has 0 saturated carbocycles. The molecule has 0 radical (unpaired) electrons. The molecule has 7 nitrogen and oxygen atoms in total. The highest BCUT2D eigenvalue weighted by Gasteiger charge is 2.30. The number of H-pyrrole nitrogens is 1. The number of benzene rings is 1. The summed E-state index contributed by atoms with van der Waals surface area (Å²) in [6, 6.07) is 3.51. The third kappa shape index (κ3) is 2.35. The summed E-state index contributed by atoms with van der Waals surface area (Å²) >= 11 is 6.02. The van der Waals surface area contributed by atoms with Crippen LogP contribution in [0.5, 0.6) is 0 Å². The number of nitrogens with zero attached hydrogens (tertiary/aromatic N) is 5. The number of halogens is 2. The average Bonchev–Trinajstić information content (AvgIpc) is 3.24. The molecule has 0 spiro atoms. The van der Waals surface area contributed by atoms with Crippen molar-refractivity contribution in [3.63, 3.8) is 0 Å². The van der Waals surface area contributed by atoms with Gasteiger partial charge in [-0.3, -0.25) is 0 Å². The molecule has 0 unspecified atom stereocenters. The van der Waals surface area contributed by atoms with Crippen molar-refractivity contribution in [3.8, 4) is 11.4 Å². The van der Waals surface area contributed by atoms with E-state index < -0.39 is 5.82 Å². The summed E-state index contributed by atoms with van der Waals surface area (Å²) in [5, 5.41) is 17.6. The Hall–Kier alpha value is -2.48. The summed E-state index contributed by atoms with van der Waals surface area (Å²) in [5.41, 5.74) is 2.74. The van der Waals surface area contributed by atoms with Crippen LogP contribution in [0.1, 0.15) is 17.0 Å². The highest BCUT2D eigenvalue weighted by molar-refractivity contribution is 6.31. The van der Waals surface area contributed by atoms with Gasteiger partial charge in [-0.05, 0) is 30.2 Å². The first-order valence-corrected chi connectivity index (χ1v) is 7.43. The smallest absolute Gasteiger partial charge is 0.209 e. The van der Waals surface area contributed by atoms with E-state index in [-0.39, 0.29) is 16.4 Å². The molecule has 2 aromatic heterocycles. The van der Waals surface area contributed by atoms with E-state index in [1.54, 1.807) is 6.07 Å². The van der Waals surface area contributed by atoms with Gasteiger partial charge in [-0.1, -0.05) is 16.8 Å². The quantitative estimate of drug-likeness (QED) is 0.792. The molecule has 4 rings (SSSR count). The van der Waals surface area contributed by atoms with Crippen LogP contribution < -0.4 is 4.90 Å². The summed E-state index contributed by atoms with van der Waals surface area (Å²) < 4.78 is 19.9. The molecule has 0 atom stereocenters. The number of rotatable bonds is 3. The van der Waals surface area contributed by atoms with Crippen LogP contribution in [0.3, 0.4) is 0 Å². The van der Waals surface area contributed by atoms with E-state index in [0.29, 0.717) is 12.3 Å². The third-order valence-corrected chi connectivity index (χ3v) is 4.11. The van der Waals surface area contributed by atoms with Crippen LogP contribution in [0, 0.1) is 12.7 Å². The molecule has 0 fully saturated rings. The Morgan fingerprint density at radius 3 is 3.00 bits per heavy atom. The molecule has 0 bridgehead atoms. The van der Waals surface area contributed by atoms with Crippen molar-refractivity contribution in [2.75, 3.05) is 11.4 Å². The molecule has 1 aliphatic heterocycles. The molecule has 3 aromatic rings. The van der Waals surface area contributed by atoms with Crippen LogP contribution in [0.15, 0.2) is 16.7 Å². The monoisotopic (exact) mass is 334 g/mol. The van der Waals surface area contributed by atoms with Gasteiger partial charge in [0.05, 0.1) is 28.5 Å². The SMILES string of the molecule is Cc1cc(CN2CCc3cc(Cl)c(F)c(-c4nn[nH]n4)c32)on1. The van der Waals surface area contributed by atoms with Crippen molar-refractivity contribution in [1.29, 1.82) is 0 Å². The molecule has 9 heteroatoms. The van der Waals surface area contributed by atoms with Crippen molar-refractivity contribution in [1.82, 2.24) is 25.8 Å². The molecular weight excluding hydrogens is 323 g/mol. The zero-order valence-corrected chi connectivity index (χ0v) is 12.9. The first-order chi connectivity index (χ1) is 11.1. The summed E-state index contributed by atoms with van der Waals surface area (Å²) in [5.74, 6) is 0.346. The summed E-state index contributed by atoms with van der Waals surface area (Å²) in [4.78, 5) is 2.01. The Morgan fingerprint density at radius 1 is 1.43 bits per heavy atom. The average molecular weight is 335 g/mol. The van der Waals surface area contributed by atoms with Gasteiger partial charge in [0.1, 0.15) is 0 Å². The van der Waals surface area contributed by atoms with Gasteiger partial charge in [0.2, 0.25) is 5.82 Å². The van der Waals surface area contributed by atoms with Crippen LogP contribution in [-0.2, 0) is 13.0 Å². The molecule has 0 saturated heterocycles. The molecule has 3 heterocycles. The molecule has 1 aliphatic rings. The fourth-order valence-corrected chi connectivity index (χ4v) is 3.12. The first kappa shape index (κ1) is 14.1. The number of hydrogen-bond donors (Lipinski definition) is 1. The number of aromatic nitrogens is 5. The van der Waals surface area contributed by atoms with Gasteiger partial charge in [0.25, 0.3) is 0 Å². The number of nitrogens with one attached hydrogen (secondary N) is 1. The number of aromatic amines is 1. The van der Waals surface area contributed by atoms with Gasteiger partial charge in [-0.15, -0.1) is 10.2 Å². The maximum Gasteiger partial charge on any atom is 0.209 e. The lowest BCUT2D eigenvalue weighted by molar-refractivity contribution is 0.378. The van der Waals surface area contributed by atoms with Crippen molar-refractivity contribution in [3.05, 3.63) is 40.0 Å². The predicted molar refractivity (Wildman–Crippen MR) is 80.6 cm³/mol. The van der Waals surface area contributed by atoms with Gasteiger partial charge >= 0.3 is 0 Å². The number of hydrogen-bond acceptors (Lipinski definition) is 6. The summed E-state index contributed by atoms with van der Waals surface area (Å²) in [7, 11) is 0. The molecule has 0 aliphatic carbocycles. The van der Waals surface area contributed by atoms with Crippen LogP contribution in [0.4, 0.5) is 10.1 Å². The molecule has 1 aromatic carbocycles. The van der Waals surface area contributed by atoms with Crippen molar-refractivity contribution >= 4 is 17.3 Å². The minimum absolute atomic E-state index is 0.0564. The Balaban J connectivity index is 1.82. The Kier molecular flexibility index (Phi) is 3.26. The number of anilines is 1. The molecule has 23 heavy (non-hydrogen) atoms. The second-order valence-electron chi connectivity index (χ2n) is 5.40. The van der Waals surface area contributed by atoms with Crippen LogP contribution in [-0.4, -0.2) is 32.3 Å². The third-order valence-electron chi connectivity index (χ3n) is 3.83. The van der Waals surface area contributed by atoms with Crippen molar-refractivity contribution < 1.29 is 8.91 Å². The van der Waals surface area contributed by atoms with E-state index in [4.69, 9.17) is 16.1 Å². The van der Waals surface area contributed by atoms with Crippen molar-refractivity contribution in [2.24, 2.45) is 0 Å². The van der Waals surface area contributed by atoms with Crippen molar-refractivity contribution in [2.45, 2.75) is 19.9 Å². The fourth-order valence-electron chi connectivity index (χ4n) is 2.90. The number of aryl methyl sites for hydroxylation is 1. The van der Waals surface area contributed by atoms with E-state index in [1.165, 1.54) is 0 Å². The minimum Gasteiger partial charge on any atom is -0.363 e. The summed E-state index contributed by atoms with van der Waals surface area (Å²) in [6.07, 6.45) is 0.757. The molecule has 1 N–H and O–H groups in total. The predicted octanol–water partition coefficient (Wildman–Crippen LogP) is 2.52. The zero-order chi connectivity index (χ0) is 16.0. The van der Waals surface area contributed by atoms with Gasteiger partial charge in [0, 0.05) is 12.6 Å². The standard InChI is InChI=1S/C14H12ClFN6O/c1-7-4-9(23-19-7)6-22-3-2-8-5-10(15)12(16)11(13(8)22)14-17-20-21-18-14/h4-5H,2-3,6H2,1H3,(H,17,18,20,21). The maximum atomic E-state index is 14.6. The first-order valence-electron chi connectivity index (χ1n) is 7.05. The van der Waals surface area contributed by atoms with E-state index in [2.05, 4.69) is 25.8 Å². The van der Waals surface area contributed by atoms with E-state index in [0.717, 1.165) is 29.9 Å². The zero-order valence-electron chi connectivity index (χ0n) is 12.2. The summed E-state index contributed by atoms with van der Waals surface area (Å²) in [6.45, 7) is 3.06. The Morgan fingerprint density at radius 2 is 2.30 bits per heavy atom. The Bertz CT molecular complexity index is 863. The number of fused-ring (bicyclic) bond motifs is 1. The Labute approximate surface area is 135 Å². The minimum atomic E-state index is -0.549. The van der Waals surface area contributed by atoms with Gasteiger partial charge in [-0.25, -0.2) is 4.39 Å². The maximum absolute atomic E-state index is 14.6. The van der Waals surface area contributed by atoms with E-state index in [9.17, 15) is 4.39 Å².